The molecule has 10 rings (SSSR count). The molecule has 0 amide bonds. The average Bonchev–Trinajstić information content (AvgIpc) is 3.51. The Morgan fingerprint density at radius 3 is 1.25 bits per heavy atom. The lowest BCUT2D eigenvalue weighted by Crippen LogP contribution is -1.90. The first-order chi connectivity index (χ1) is 23.7. The molecule has 0 bridgehead atoms. The van der Waals surface area contributed by atoms with Crippen molar-refractivity contribution in [3.8, 4) is 33.4 Å². The zero-order chi connectivity index (χ0) is 31.8. The molecule has 0 aliphatic rings. The summed E-state index contributed by atoms with van der Waals surface area (Å²) in [5.74, 6) is -0.177. The van der Waals surface area contributed by atoms with Gasteiger partial charge in [-0.2, -0.15) is 0 Å². The minimum atomic E-state index is -0.177. The second kappa shape index (κ2) is 10.4. The van der Waals surface area contributed by atoms with E-state index in [4.69, 9.17) is 4.42 Å². The maximum atomic E-state index is 15.6. The van der Waals surface area contributed by atoms with Crippen molar-refractivity contribution in [2.24, 2.45) is 0 Å². The first kappa shape index (κ1) is 26.9. The Morgan fingerprint density at radius 1 is 0.292 bits per heavy atom. The van der Waals surface area contributed by atoms with Crippen LogP contribution in [0.5, 0.6) is 0 Å². The highest BCUT2D eigenvalue weighted by atomic mass is 19.1. The van der Waals surface area contributed by atoms with E-state index in [1.807, 2.05) is 48.5 Å². The van der Waals surface area contributed by atoms with Gasteiger partial charge in [-0.05, 0) is 90.0 Å². The molecule has 2 heteroatoms. The lowest BCUT2D eigenvalue weighted by Gasteiger charge is -2.17. The second-order valence-electron chi connectivity index (χ2n) is 12.5. The van der Waals surface area contributed by atoms with E-state index in [-0.39, 0.29) is 5.82 Å². The number of hydrogen-bond donors (Lipinski definition) is 0. The van der Waals surface area contributed by atoms with Gasteiger partial charge in [0.1, 0.15) is 17.0 Å². The van der Waals surface area contributed by atoms with Crippen molar-refractivity contribution in [3.05, 3.63) is 170 Å². The maximum Gasteiger partial charge on any atom is 0.138 e. The second-order valence-corrected chi connectivity index (χ2v) is 12.5. The highest BCUT2D eigenvalue weighted by Gasteiger charge is 2.19. The van der Waals surface area contributed by atoms with Crippen molar-refractivity contribution in [2.75, 3.05) is 0 Å². The number of hydrogen-bond acceptors (Lipinski definition) is 1. The highest BCUT2D eigenvalue weighted by Crippen LogP contribution is 2.45. The van der Waals surface area contributed by atoms with Crippen molar-refractivity contribution in [2.45, 2.75) is 0 Å². The lowest BCUT2D eigenvalue weighted by atomic mass is 9.86. The first-order valence-corrected chi connectivity index (χ1v) is 16.3. The molecule has 0 N–H and O–H groups in total. The van der Waals surface area contributed by atoms with Crippen molar-refractivity contribution in [1.82, 2.24) is 0 Å². The van der Waals surface area contributed by atoms with Crippen molar-refractivity contribution >= 4 is 65.0 Å². The van der Waals surface area contributed by atoms with Gasteiger partial charge in [0.25, 0.3) is 0 Å². The summed E-state index contributed by atoms with van der Waals surface area (Å²) in [5, 5.41) is 10.0. The Bertz CT molecular complexity index is 2780. The SMILES string of the molecule is Fc1c2ccccc2c(-c2ccc3oc4cc(-c5c6ccccc6c(-c6ccccc6)c6ccccc56)ccc4c3c2)c2ccccc12. The highest BCUT2D eigenvalue weighted by molar-refractivity contribution is 6.22. The Morgan fingerprint density at radius 2 is 0.708 bits per heavy atom. The van der Waals surface area contributed by atoms with Crippen LogP contribution in [0, 0.1) is 5.82 Å². The van der Waals surface area contributed by atoms with Gasteiger partial charge in [-0.25, -0.2) is 4.39 Å². The van der Waals surface area contributed by atoms with Crippen molar-refractivity contribution in [3.63, 3.8) is 0 Å². The number of furan rings is 1. The van der Waals surface area contributed by atoms with Gasteiger partial charge in [-0.15, -0.1) is 0 Å². The van der Waals surface area contributed by atoms with E-state index in [0.717, 1.165) is 49.4 Å². The fourth-order valence-electron chi connectivity index (χ4n) is 7.83. The standard InChI is InChI=1S/C46H27FO/c47-46-38-20-10-8-18-36(38)44(37-19-9-11-21-39(37)46)29-23-25-41-40(26-29)31-24-22-30(27-42(31)48-41)45-34-16-6-4-14-32(34)43(28-12-2-1-3-13-28)33-15-5-7-17-35(33)45/h1-27H. The molecule has 0 aliphatic carbocycles. The molecule has 10 aromatic rings. The quantitative estimate of drug-likeness (QED) is 0.181. The Hall–Kier alpha value is -6.25. The van der Waals surface area contributed by atoms with E-state index in [9.17, 15) is 0 Å². The van der Waals surface area contributed by atoms with Gasteiger partial charge in [0.2, 0.25) is 0 Å². The molecule has 1 aromatic heterocycles. The van der Waals surface area contributed by atoms with Crippen LogP contribution >= 0.6 is 0 Å². The van der Waals surface area contributed by atoms with E-state index in [1.54, 1.807) is 0 Å². The van der Waals surface area contributed by atoms with Crippen molar-refractivity contribution in [1.29, 1.82) is 0 Å². The summed E-state index contributed by atoms with van der Waals surface area (Å²) in [4.78, 5) is 0. The van der Waals surface area contributed by atoms with Gasteiger partial charge in [0.05, 0.1) is 0 Å². The molecule has 0 fully saturated rings. The third-order valence-corrected chi connectivity index (χ3v) is 9.91. The first-order valence-electron chi connectivity index (χ1n) is 16.3. The number of benzene rings is 9. The molecule has 48 heavy (non-hydrogen) atoms. The Kier molecular flexibility index (Phi) is 5.82. The molecule has 0 aliphatic heterocycles. The van der Waals surface area contributed by atoms with Crippen LogP contribution in [0.1, 0.15) is 0 Å². The topological polar surface area (TPSA) is 13.1 Å². The van der Waals surface area contributed by atoms with Gasteiger partial charge in [-0.1, -0.05) is 140 Å². The monoisotopic (exact) mass is 614 g/mol. The van der Waals surface area contributed by atoms with Crippen LogP contribution in [0.3, 0.4) is 0 Å². The van der Waals surface area contributed by atoms with E-state index in [2.05, 4.69) is 115 Å². The van der Waals surface area contributed by atoms with Crippen LogP contribution in [-0.2, 0) is 0 Å². The Balaban J connectivity index is 1.20. The summed E-state index contributed by atoms with van der Waals surface area (Å²) in [6.07, 6.45) is 0. The van der Waals surface area contributed by atoms with Gasteiger partial charge in [0, 0.05) is 21.5 Å². The fraction of sp³-hybridized carbons (Fsp3) is 0. The van der Waals surface area contributed by atoms with E-state index in [0.29, 0.717) is 10.8 Å². The molecule has 9 aromatic carbocycles. The third-order valence-electron chi connectivity index (χ3n) is 9.91. The third kappa shape index (κ3) is 3.90. The van der Waals surface area contributed by atoms with Crippen LogP contribution in [0.25, 0.3) is 98.4 Å². The molecule has 0 atom stereocenters. The summed E-state index contributed by atoms with van der Waals surface area (Å²) >= 11 is 0. The number of rotatable bonds is 3. The van der Waals surface area contributed by atoms with Crippen molar-refractivity contribution < 1.29 is 8.81 Å². The summed E-state index contributed by atoms with van der Waals surface area (Å²) in [6, 6.07) is 56.6. The molecular formula is C46H27FO. The minimum absolute atomic E-state index is 0.177. The molecule has 1 heterocycles. The predicted octanol–water partition coefficient (Wildman–Crippen LogP) is 13.3. The molecule has 0 saturated heterocycles. The maximum absolute atomic E-state index is 15.6. The fourth-order valence-corrected chi connectivity index (χ4v) is 7.83. The number of halogens is 1. The molecule has 0 radical (unpaired) electrons. The van der Waals surface area contributed by atoms with Gasteiger partial charge >= 0.3 is 0 Å². The van der Waals surface area contributed by atoms with E-state index in [1.165, 1.54) is 38.2 Å². The van der Waals surface area contributed by atoms with E-state index < -0.39 is 0 Å². The molecule has 0 spiro atoms. The smallest absolute Gasteiger partial charge is 0.138 e. The van der Waals surface area contributed by atoms with Crippen LogP contribution < -0.4 is 0 Å². The van der Waals surface area contributed by atoms with Crippen LogP contribution in [0.15, 0.2) is 168 Å². The zero-order valence-electron chi connectivity index (χ0n) is 25.9. The van der Waals surface area contributed by atoms with Gasteiger partial charge in [0.15, 0.2) is 0 Å². The van der Waals surface area contributed by atoms with Crippen LogP contribution in [0.4, 0.5) is 4.39 Å². The largest absolute Gasteiger partial charge is 0.456 e. The average molecular weight is 615 g/mol. The lowest BCUT2D eigenvalue weighted by molar-refractivity contribution is 0.651. The Labute approximate surface area is 276 Å². The molecular weight excluding hydrogens is 588 g/mol. The van der Waals surface area contributed by atoms with Crippen LogP contribution in [0.2, 0.25) is 0 Å². The summed E-state index contributed by atoms with van der Waals surface area (Å²) in [6.45, 7) is 0. The molecule has 0 unspecified atom stereocenters. The summed E-state index contributed by atoms with van der Waals surface area (Å²) in [5.41, 5.74) is 8.52. The zero-order valence-corrected chi connectivity index (χ0v) is 25.9. The molecule has 0 saturated carbocycles. The minimum Gasteiger partial charge on any atom is -0.456 e. The van der Waals surface area contributed by atoms with Gasteiger partial charge in [-0.3, -0.25) is 0 Å². The molecule has 224 valence electrons. The van der Waals surface area contributed by atoms with E-state index >= 15 is 4.39 Å². The summed E-state index contributed by atoms with van der Waals surface area (Å²) in [7, 11) is 0. The van der Waals surface area contributed by atoms with Gasteiger partial charge < -0.3 is 4.42 Å². The normalized spacial score (nSPS) is 11.9. The summed E-state index contributed by atoms with van der Waals surface area (Å²) < 4.78 is 22.2. The predicted molar refractivity (Wildman–Crippen MR) is 200 cm³/mol. The molecule has 1 nitrogen and oxygen atoms in total. The van der Waals surface area contributed by atoms with Crippen LogP contribution in [-0.4, -0.2) is 0 Å². The number of fused-ring (bicyclic) bond motifs is 7.